The van der Waals surface area contributed by atoms with E-state index in [0.717, 1.165) is 41.9 Å². The van der Waals surface area contributed by atoms with Crippen LogP contribution in [0.4, 0.5) is 10.7 Å². The minimum Gasteiger partial charge on any atom is -0.462 e. The summed E-state index contributed by atoms with van der Waals surface area (Å²) in [5, 5.41) is 7.38. The number of carbonyl (C=O) groups is 2. The van der Waals surface area contributed by atoms with E-state index in [0.29, 0.717) is 29.5 Å². The van der Waals surface area contributed by atoms with Crippen molar-refractivity contribution >= 4 is 51.3 Å². The van der Waals surface area contributed by atoms with Crippen LogP contribution >= 0.6 is 23.6 Å². The molecule has 1 aliphatic rings. The zero-order valence-electron chi connectivity index (χ0n) is 17.2. The van der Waals surface area contributed by atoms with Crippen molar-refractivity contribution in [3.8, 4) is 0 Å². The predicted octanol–water partition coefficient (Wildman–Crippen LogP) is 5.18. The largest absolute Gasteiger partial charge is 0.462 e. The molecule has 0 aliphatic heterocycles. The molecule has 0 bridgehead atoms. The molecule has 8 heteroatoms. The number of thiocarbonyl (C=S) groups is 1. The van der Waals surface area contributed by atoms with Crippen molar-refractivity contribution in [1.29, 1.82) is 0 Å². The Morgan fingerprint density at radius 2 is 1.63 bits per heavy atom. The van der Waals surface area contributed by atoms with E-state index in [2.05, 4.69) is 10.6 Å². The van der Waals surface area contributed by atoms with Gasteiger partial charge in [-0.15, -0.1) is 11.3 Å². The van der Waals surface area contributed by atoms with Gasteiger partial charge in [0.1, 0.15) is 5.00 Å². The molecule has 0 radical (unpaired) electrons. The maximum atomic E-state index is 12.6. The van der Waals surface area contributed by atoms with E-state index in [4.69, 9.17) is 21.7 Å². The van der Waals surface area contributed by atoms with Crippen LogP contribution in [-0.4, -0.2) is 30.3 Å². The van der Waals surface area contributed by atoms with Gasteiger partial charge >= 0.3 is 11.9 Å². The van der Waals surface area contributed by atoms with Crippen LogP contribution in [0.1, 0.15) is 64.3 Å². The molecule has 160 valence electrons. The van der Waals surface area contributed by atoms with Crippen molar-refractivity contribution < 1.29 is 19.1 Å². The lowest BCUT2D eigenvalue weighted by Crippen LogP contribution is -2.20. The first-order chi connectivity index (χ1) is 14.5. The number of nitrogens with one attached hydrogen (secondary N) is 2. The molecule has 0 fully saturated rings. The van der Waals surface area contributed by atoms with E-state index in [1.54, 1.807) is 42.5 Å². The smallest absolute Gasteiger partial charge is 0.341 e. The Bertz CT molecular complexity index is 922. The van der Waals surface area contributed by atoms with Crippen LogP contribution < -0.4 is 10.6 Å². The molecule has 2 aromatic rings. The normalized spacial score (nSPS) is 13.0. The van der Waals surface area contributed by atoms with Crippen LogP contribution in [-0.2, 0) is 22.3 Å². The molecular weight excluding hydrogens is 420 g/mol. The fourth-order valence-electron chi connectivity index (χ4n) is 3.42. The number of aryl methyl sites for hydroxylation is 1. The molecule has 1 aromatic carbocycles. The van der Waals surface area contributed by atoms with Gasteiger partial charge in [-0.3, -0.25) is 0 Å². The molecule has 0 saturated carbocycles. The summed E-state index contributed by atoms with van der Waals surface area (Å²) in [4.78, 5) is 25.6. The van der Waals surface area contributed by atoms with Gasteiger partial charge in [-0.2, -0.15) is 0 Å². The Morgan fingerprint density at radius 3 is 2.33 bits per heavy atom. The van der Waals surface area contributed by atoms with Crippen LogP contribution in [0.3, 0.4) is 0 Å². The molecule has 1 aromatic heterocycles. The Kier molecular flexibility index (Phi) is 7.81. The second-order valence-electron chi connectivity index (χ2n) is 6.87. The van der Waals surface area contributed by atoms with Crippen LogP contribution in [0.25, 0.3) is 0 Å². The molecule has 0 amide bonds. The molecule has 2 N–H and O–H groups in total. The van der Waals surface area contributed by atoms with Gasteiger partial charge < -0.3 is 20.1 Å². The van der Waals surface area contributed by atoms with Gasteiger partial charge in [-0.1, -0.05) is 6.42 Å². The molecular formula is C22H26N2O4S2. The second-order valence-corrected chi connectivity index (χ2v) is 8.38. The lowest BCUT2D eigenvalue weighted by Gasteiger charge is -2.12. The Balaban J connectivity index is 1.74. The molecule has 0 spiro atoms. The number of hydrogen-bond acceptors (Lipinski definition) is 6. The first-order valence-electron chi connectivity index (χ1n) is 10.2. The fourth-order valence-corrected chi connectivity index (χ4v) is 4.99. The number of rotatable bonds is 6. The predicted molar refractivity (Wildman–Crippen MR) is 124 cm³/mol. The zero-order chi connectivity index (χ0) is 21.5. The number of thiophene rings is 1. The summed E-state index contributed by atoms with van der Waals surface area (Å²) in [6.45, 7) is 4.24. The third-order valence-electron chi connectivity index (χ3n) is 4.78. The van der Waals surface area contributed by atoms with Crippen molar-refractivity contribution in [3.63, 3.8) is 0 Å². The molecule has 0 atom stereocenters. The van der Waals surface area contributed by atoms with Crippen LogP contribution in [0.15, 0.2) is 24.3 Å². The summed E-state index contributed by atoms with van der Waals surface area (Å²) >= 11 is 7.04. The molecule has 0 saturated heterocycles. The monoisotopic (exact) mass is 446 g/mol. The highest BCUT2D eigenvalue weighted by Crippen LogP contribution is 2.38. The lowest BCUT2D eigenvalue weighted by atomic mass is 10.1. The summed E-state index contributed by atoms with van der Waals surface area (Å²) < 4.78 is 10.3. The maximum absolute atomic E-state index is 12.6. The van der Waals surface area contributed by atoms with E-state index in [1.165, 1.54) is 11.3 Å². The lowest BCUT2D eigenvalue weighted by molar-refractivity contribution is 0.0517. The highest BCUT2D eigenvalue weighted by Gasteiger charge is 2.26. The highest BCUT2D eigenvalue weighted by molar-refractivity contribution is 7.80. The Morgan fingerprint density at radius 1 is 0.967 bits per heavy atom. The average Bonchev–Trinajstić information content (AvgIpc) is 2.89. The number of fused-ring (bicyclic) bond motifs is 1. The topological polar surface area (TPSA) is 76.7 Å². The maximum Gasteiger partial charge on any atom is 0.341 e. The summed E-state index contributed by atoms with van der Waals surface area (Å²) in [7, 11) is 0. The van der Waals surface area contributed by atoms with Crippen molar-refractivity contribution in [1.82, 2.24) is 0 Å². The molecule has 1 heterocycles. The van der Waals surface area contributed by atoms with E-state index in [1.807, 2.05) is 6.92 Å². The van der Waals surface area contributed by atoms with Gasteiger partial charge in [0.05, 0.1) is 24.3 Å². The van der Waals surface area contributed by atoms with E-state index in [9.17, 15) is 9.59 Å². The van der Waals surface area contributed by atoms with Crippen LogP contribution in [0.2, 0.25) is 0 Å². The van der Waals surface area contributed by atoms with Crippen molar-refractivity contribution in [2.45, 2.75) is 46.0 Å². The molecule has 6 nitrogen and oxygen atoms in total. The first kappa shape index (κ1) is 22.2. The quantitative estimate of drug-likeness (QED) is 0.360. The number of benzene rings is 1. The standard InChI is InChI=1S/C22H26N2O4S2/c1-3-27-20(25)14-10-12-15(13-11-14)23-22(29)24-19-18(21(26)28-4-2)16-8-6-5-7-9-17(16)30-19/h10-13H,3-9H2,1-2H3,(H2,23,24,29). The SMILES string of the molecule is CCOC(=O)c1ccc(NC(=S)Nc2sc3c(c2C(=O)OCC)CCCCC3)cc1. The van der Waals surface area contributed by atoms with E-state index in [-0.39, 0.29) is 11.9 Å². The Labute approximate surface area is 186 Å². The van der Waals surface area contributed by atoms with Crippen molar-refractivity contribution in [3.05, 3.63) is 45.8 Å². The van der Waals surface area contributed by atoms with Gasteiger partial charge in [-0.05, 0) is 81.6 Å². The number of hydrogen-bond donors (Lipinski definition) is 2. The average molecular weight is 447 g/mol. The molecule has 3 rings (SSSR count). The van der Waals surface area contributed by atoms with Gasteiger partial charge in [-0.25, -0.2) is 9.59 Å². The summed E-state index contributed by atoms with van der Waals surface area (Å²) in [6, 6.07) is 6.88. The molecule has 0 unspecified atom stereocenters. The third-order valence-corrected chi connectivity index (χ3v) is 6.19. The minimum absolute atomic E-state index is 0.305. The van der Waals surface area contributed by atoms with Crippen molar-refractivity contribution in [2.75, 3.05) is 23.8 Å². The number of anilines is 2. The summed E-state index contributed by atoms with van der Waals surface area (Å²) in [6.07, 6.45) is 5.24. The highest BCUT2D eigenvalue weighted by atomic mass is 32.1. The Hall–Kier alpha value is -2.45. The molecule has 1 aliphatic carbocycles. The number of carbonyl (C=O) groups excluding carboxylic acids is 2. The first-order valence-corrected chi connectivity index (χ1v) is 11.4. The van der Waals surface area contributed by atoms with E-state index < -0.39 is 0 Å². The fraction of sp³-hybridized carbons (Fsp3) is 0.409. The summed E-state index contributed by atoms with van der Waals surface area (Å²) in [5.74, 6) is -0.662. The molecule has 30 heavy (non-hydrogen) atoms. The van der Waals surface area contributed by atoms with E-state index >= 15 is 0 Å². The van der Waals surface area contributed by atoms with Gasteiger partial charge in [0, 0.05) is 10.6 Å². The van der Waals surface area contributed by atoms with Crippen LogP contribution in [0.5, 0.6) is 0 Å². The van der Waals surface area contributed by atoms with Gasteiger partial charge in [0.2, 0.25) is 0 Å². The summed E-state index contributed by atoms with van der Waals surface area (Å²) in [5.41, 5.74) is 2.92. The number of esters is 2. The minimum atomic E-state index is -0.357. The zero-order valence-corrected chi connectivity index (χ0v) is 18.8. The van der Waals surface area contributed by atoms with Gasteiger partial charge in [0.25, 0.3) is 0 Å². The number of ether oxygens (including phenoxy) is 2. The van der Waals surface area contributed by atoms with Gasteiger partial charge in [0.15, 0.2) is 5.11 Å². The third kappa shape index (κ3) is 5.37. The van der Waals surface area contributed by atoms with Crippen molar-refractivity contribution in [2.24, 2.45) is 0 Å². The second kappa shape index (κ2) is 10.5. The van der Waals surface area contributed by atoms with Crippen LogP contribution in [0, 0.1) is 0 Å².